The minimum absolute atomic E-state index is 0.141. The minimum atomic E-state index is -1.04. The molecular weight excluding hydrogens is 477 g/mol. The lowest BCUT2D eigenvalue weighted by atomic mass is 10.1. The second-order valence-corrected chi connectivity index (χ2v) is 9.06. The van der Waals surface area contributed by atoms with Crippen LogP contribution in [0.2, 0.25) is 0 Å². The van der Waals surface area contributed by atoms with Gasteiger partial charge in [0.15, 0.2) is 5.69 Å². The van der Waals surface area contributed by atoms with Crippen molar-refractivity contribution in [2.24, 2.45) is 0 Å². The molecule has 0 saturated heterocycles. The Morgan fingerprint density at radius 3 is 2.54 bits per heavy atom. The van der Waals surface area contributed by atoms with Gasteiger partial charge in [-0.25, -0.2) is 9.07 Å². The maximum Gasteiger partial charge on any atom is 0.323 e. The van der Waals surface area contributed by atoms with Gasteiger partial charge < -0.3 is 9.63 Å². The first-order valence-corrected chi connectivity index (χ1v) is 11.7. The van der Waals surface area contributed by atoms with Crippen LogP contribution in [0, 0.1) is 0 Å². The van der Waals surface area contributed by atoms with Gasteiger partial charge in [-0.15, -0.1) is 5.10 Å². The highest BCUT2D eigenvalue weighted by Gasteiger charge is 2.27. The van der Waals surface area contributed by atoms with Gasteiger partial charge in [-0.2, -0.15) is 4.98 Å². The van der Waals surface area contributed by atoms with E-state index in [0.717, 1.165) is 11.1 Å². The summed E-state index contributed by atoms with van der Waals surface area (Å²) in [4.78, 5) is 19.9. The van der Waals surface area contributed by atoms with Gasteiger partial charge in [0.2, 0.25) is 5.82 Å². The molecule has 37 heavy (non-hydrogen) atoms. The van der Waals surface area contributed by atoms with Crippen LogP contribution in [-0.2, 0) is 11.3 Å². The Bertz CT molecular complexity index is 1490. The van der Waals surface area contributed by atoms with Gasteiger partial charge in [0, 0.05) is 30.1 Å². The van der Waals surface area contributed by atoms with E-state index < -0.39 is 11.5 Å². The lowest BCUT2D eigenvalue weighted by Crippen LogP contribution is -2.46. The molecule has 0 fully saturated rings. The smallest absolute Gasteiger partial charge is 0.323 e. The average Bonchev–Trinajstić information content (AvgIpc) is 3.56. The molecule has 1 aliphatic rings. The molecule has 0 bridgehead atoms. The Hall–Kier alpha value is -4.51. The number of halogens is 1. The fraction of sp³-hybridized carbons (Fsp3) is 0.231. The summed E-state index contributed by atoms with van der Waals surface area (Å²) < 4.78 is 21.7. The van der Waals surface area contributed by atoms with E-state index in [4.69, 9.17) is 4.52 Å². The molecule has 0 radical (unpaired) electrons. The number of pyridine rings is 1. The molecule has 5 rings (SSSR count). The summed E-state index contributed by atoms with van der Waals surface area (Å²) in [5.74, 6) is -0.808. The summed E-state index contributed by atoms with van der Waals surface area (Å²) in [5, 5.41) is 24.8. The van der Waals surface area contributed by atoms with Crippen molar-refractivity contribution in [3.63, 3.8) is 0 Å². The van der Waals surface area contributed by atoms with Gasteiger partial charge in [0.1, 0.15) is 17.1 Å². The second kappa shape index (κ2) is 9.86. The Kier molecular flexibility index (Phi) is 6.45. The largest absolute Gasteiger partial charge is 0.480 e. The van der Waals surface area contributed by atoms with Crippen LogP contribution in [-0.4, -0.2) is 46.7 Å². The first kappa shape index (κ1) is 24.2. The van der Waals surface area contributed by atoms with Crippen molar-refractivity contribution in [1.29, 1.82) is 0 Å². The summed E-state index contributed by atoms with van der Waals surface area (Å²) in [6.45, 7) is 3.60. The Morgan fingerprint density at radius 2 is 1.84 bits per heavy atom. The van der Waals surface area contributed by atoms with E-state index in [1.54, 1.807) is 44.4 Å². The number of rotatable bonds is 8. The standard InChI is InChI=1S/C26H24FN7O3/c1-26(2,25(35)36)29-15-16-7-9-18(10-8-16)23-30-24(37-32-23)21-22(17-11-13-28-14-12-17)34(33-31-21)20-6-4-3-5-19(20)27/h5-14,29H,3-4,15H2,1-2H3,(H,35,36). The third-order valence-electron chi connectivity index (χ3n) is 6.03. The maximum absolute atomic E-state index is 14.7. The lowest BCUT2D eigenvalue weighted by molar-refractivity contribution is -0.143. The molecule has 0 saturated carbocycles. The number of carbonyl (C=O) groups is 1. The highest BCUT2D eigenvalue weighted by atomic mass is 19.1. The number of aromatic nitrogens is 6. The first-order valence-electron chi connectivity index (χ1n) is 11.7. The van der Waals surface area contributed by atoms with Crippen molar-refractivity contribution >= 4 is 11.7 Å². The Balaban J connectivity index is 1.45. The topological polar surface area (TPSA) is 132 Å². The van der Waals surface area contributed by atoms with Crippen LogP contribution in [0.1, 0.15) is 32.3 Å². The van der Waals surface area contributed by atoms with Crippen molar-refractivity contribution in [2.75, 3.05) is 0 Å². The Morgan fingerprint density at radius 1 is 1.11 bits per heavy atom. The van der Waals surface area contributed by atoms with E-state index in [2.05, 4.69) is 30.8 Å². The summed E-state index contributed by atoms with van der Waals surface area (Å²) in [5.41, 5.74) is 2.43. The van der Waals surface area contributed by atoms with Gasteiger partial charge in [0.05, 0.1) is 5.70 Å². The number of carboxylic acid groups (broad SMARTS) is 1. The molecule has 0 unspecified atom stereocenters. The van der Waals surface area contributed by atoms with Crippen molar-refractivity contribution in [2.45, 2.75) is 38.8 Å². The summed E-state index contributed by atoms with van der Waals surface area (Å²) >= 11 is 0. The van der Waals surface area contributed by atoms with Crippen LogP contribution in [0.4, 0.5) is 4.39 Å². The number of aliphatic carboxylic acids is 1. The quantitative estimate of drug-likeness (QED) is 0.358. The monoisotopic (exact) mass is 501 g/mol. The molecule has 1 aromatic carbocycles. The van der Waals surface area contributed by atoms with Crippen LogP contribution < -0.4 is 5.32 Å². The average molecular weight is 502 g/mol. The van der Waals surface area contributed by atoms with Gasteiger partial charge in [-0.3, -0.25) is 15.1 Å². The molecular formula is C26H24FN7O3. The van der Waals surface area contributed by atoms with Crippen molar-refractivity contribution in [1.82, 2.24) is 35.4 Å². The number of nitrogens with one attached hydrogen (secondary N) is 1. The first-order chi connectivity index (χ1) is 17.8. The van der Waals surface area contributed by atoms with Crippen LogP contribution in [0.25, 0.3) is 39.9 Å². The van der Waals surface area contributed by atoms with Crippen molar-refractivity contribution < 1.29 is 18.8 Å². The second-order valence-electron chi connectivity index (χ2n) is 9.06. The lowest BCUT2D eigenvalue weighted by Gasteiger charge is -2.21. The molecule has 0 spiro atoms. The van der Waals surface area contributed by atoms with Crippen LogP contribution in [0.15, 0.2) is 71.3 Å². The predicted octanol–water partition coefficient (Wildman–Crippen LogP) is 4.50. The number of benzene rings is 1. The predicted molar refractivity (Wildman–Crippen MR) is 133 cm³/mol. The zero-order chi connectivity index (χ0) is 26.0. The maximum atomic E-state index is 14.7. The number of carboxylic acids is 1. The molecule has 1 aliphatic carbocycles. The summed E-state index contributed by atoms with van der Waals surface area (Å²) in [6, 6.07) is 10.9. The fourth-order valence-electron chi connectivity index (χ4n) is 3.79. The summed E-state index contributed by atoms with van der Waals surface area (Å²) in [6.07, 6.45) is 7.89. The minimum Gasteiger partial charge on any atom is -0.480 e. The third kappa shape index (κ3) is 4.94. The van der Waals surface area contributed by atoms with E-state index in [1.807, 2.05) is 24.3 Å². The van der Waals surface area contributed by atoms with Crippen molar-refractivity contribution in [3.8, 4) is 34.2 Å². The van der Waals surface area contributed by atoms with Gasteiger partial charge in [-0.05, 0) is 50.5 Å². The molecule has 3 heterocycles. The normalized spacial score (nSPS) is 13.8. The van der Waals surface area contributed by atoms with Crippen LogP contribution >= 0.6 is 0 Å². The van der Waals surface area contributed by atoms with Gasteiger partial charge in [-0.1, -0.05) is 40.7 Å². The van der Waals surface area contributed by atoms with E-state index in [-0.39, 0.29) is 11.7 Å². The third-order valence-corrected chi connectivity index (χ3v) is 6.03. The molecule has 10 nitrogen and oxygen atoms in total. The zero-order valence-corrected chi connectivity index (χ0v) is 20.2. The molecule has 0 amide bonds. The molecule has 4 aromatic rings. The SMILES string of the molecule is CC(C)(NCc1ccc(-c2noc(-c3nnn(C4=CCCC=C4F)c3-c3ccncc3)n2)cc1)C(=O)O. The number of nitrogens with zero attached hydrogens (tertiary/aromatic N) is 6. The molecule has 0 atom stereocenters. The van der Waals surface area contributed by atoms with E-state index in [0.29, 0.717) is 47.9 Å². The zero-order valence-electron chi connectivity index (χ0n) is 20.2. The van der Waals surface area contributed by atoms with Crippen LogP contribution in [0.5, 0.6) is 0 Å². The molecule has 2 N–H and O–H groups in total. The summed E-state index contributed by atoms with van der Waals surface area (Å²) in [7, 11) is 0. The molecule has 11 heteroatoms. The highest BCUT2D eigenvalue weighted by Crippen LogP contribution is 2.35. The van der Waals surface area contributed by atoms with E-state index >= 15 is 0 Å². The van der Waals surface area contributed by atoms with Crippen LogP contribution in [0.3, 0.4) is 0 Å². The van der Waals surface area contributed by atoms with Crippen molar-refractivity contribution in [3.05, 3.63) is 72.3 Å². The van der Waals surface area contributed by atoms with E-state index in [9.17, 15) is 14.3 Å². The number of allylic oxidation sites excluding steroid dienone is 4. The highest BCUT2D eigenvalue weighted by molar-refractivity contribution is 5.79. The van der Waals surface area contributed by atoms with E-state index in [1.165, 1.54) is 10.8 Å². The molecule has 0 aliphatic heterocycles. The fourth-order valence-corrected chi connectivity index (χ4v) is 3.79. The molecule has 188 valence electrons. The number of hydrogen-bond donors (Lipinski definition) is 2. The number of hydrogen-bond acceptors (Lipinski definition) is 8. The van der Waals surface area contributed by atoms with Gasteiger partial charge >= 0.3 is 5.97 Å². The molecule has 3 aromatic heterocycles. The van der Waals surface area contributed by atoms with Gasteiger partial charge in [0.25, 0.3) is 5.89 Å². The Labute approximate surface area is 211 Å².